The summed E-state index contributed by atoms with van der Waals surface area (Å²) in [6.45, 7) is 0. The fourth-order valence-corrected chi connectivity index (χ4v) is 2.65. The molecular formula is C13H12ClN5S. The standard InChI is InChI=1S/C13H12ClN5S/c1-18-11(14)7-15-12(18)8-20-13-16-9-19(17-13)10-5-3-2-4-6-10/h2-7,9H,8H2,1H3. The monoisotopic (exact) mass is 305 g/mol. The molecule has 0 aliphatic carbocycles. The number of aromatic nitrogens is 5. The van der Waals surface area contributed by atoms with Crippen molar-refractivity contribution in [2.45, 2.75) is 10.9 Å². The Balaban J connectivity index is 1.70. The van der Waals surface area contributed by atoms with Gasteiger partial charge in [-0.3, -0.25) is 0 Å². The average molecular weight is 306 g/mol. The first-order chi connectivity index (χ1) is 9.74. The van der Waals surface area contributed by atoms with Crippen LogP contribution in [0.3, 0.4) is 0 Å². The van der Waals surface area contributed by atoms with Gasteiger partial charge in [-0.05, 0) is 12.1 Å². The topological polar surface area (TPSA) is 48.5 Å². The van der Waals surface area contributed by atoms with Crippen LogP contribution in [0.5, 0.6) is 0 Å². The highest BCUT2D eigenvalue weighted by molar-refractivity contribution is 7.98. The Morgan fingerprint density at radius 3 is 2.70 bits per heavy atom. The van der Waals surface area contributed by atoms with E-state index in [0.717, 1.165) is 11.5 Å². The fraction of sp³-hybridized carbons (Fsp3) is 0.154. The number of hydrogen-bond acceptors (Lipinski definition) is 4. The maximum atomic E-state index is 5.95. The summed E-state index contributed by atoms with van der Waals surface area (Å²) in [5, 5.41) is 5.77. The quantitative estimate of drug-likeness (QED) is 0.695. The van der Waals surface area contributed by atoms with Gasteiger partial charge in [0.05, 0.1) is 17.6 Å². The zero-order valence-electron chi connectivity index (χ0n) is 10.8. The van der Waals surface area contributed by atoms with Crippen molar-refractivity contribution >= 4 is 23.4 Å². The Labute approximate surface area is 125 Å². The van der Waals surface area contributed by atoms with Crippen molar-refractivity contribution in [3.63, 3.8) is 0 Å². The summed E-state index contributed by atoms with van der Waals surface area (Å²) >= 11 is 7.48. The SMILES string of the molecule is Cn1c(Cl)cnc1CSc1ncn(-c2ccccc2)n1. The number of benzene rings is 1. The molecule has 2 aromatic heterocycles. The summed E-state index contributed by atoms with van der Waals surface area (Å²) in [5.41, 5.74) is 0.992. The molecule has 20 heavy (non-hydrogen) atoms. The Morgan fingerprint density at radius 1 is 1.20 bits per heavy atom. The van der Waals surface area contributed by atoms with Crippen LogP contribution >= 0.6 is 23.4 Å². The Bertz CT molecular complexity index is 707. The van der Waals surface area contributed by atoms with Gasteiger partial charge in [-0.1, -0.05) is 41.6 Å². The van der Waals surface area contributed by atoms with Crippen LogP contribution in [0.25, 0.3) is 5.69 Å². The van der Waals surface area contributed by atoms with Crippen LogP contribution in [-0.4, -0.2) is 24.3 Å². The lowest BCUT2D eigenvalue weighted by Gasteiger charge is -2.00. The predicted molar refractivity (Wildman–Crippen MR) is 79.1 cm³/mol. The molecule has 0 amide bonds. The van der Waals surface area contributed by atoms with Crippen LogP contribution in [0.4, 0.5) is 0 Å². The van der Waals surface area contributed by atoms with Crippen molar-refractivity contribution in [3.05, 3.63) is 53.8 Å². The molecule has 0 N–H and O–H groups in total. The molecule has 3 aromatic rings. The zero-order valence-corrected chi connectivity index (χ0v) is 12.3. The van der Waals surface area contributed by atoms with E-state index in [1.807, 2.05) is 41.9 Å². The van der Waals surface area contributed by atoms with Crippen molar-refractivity contribution in [2.24, 2.45) is 7.05 Å². The van der Waals surface area contributed by atoms with Crippen LogP contribution in [0.1, 0.15) is 5.82 Å². The normalized spacial score (nSPS) is 10.9. The van der Waals surface area contributed by atoms with E-state index in [4.69, 9.17) is 11.6 Å². The summed E-state index contributed by atoms with van der Waals surface area (Å²) in [6, 6.07) is 9.89. The van der Waals surface area contributed by atoms with E-state index < -0.39 is 0 Å². The largest absolute Gasteiger partial charge is 0.322 e. The molecular weight excluding hydrogens is 294 g/mol. The Morgan fingerprint density at radius 2 is 2.00 bits per heavy atom. The molecule has 102 valence electrons. The first kappa shape index (κ1) is 13.2. The molecule has 0 fully saturated rings. The lowest BCUT2D eigenvalue weighted by atomic mass is 10.3. The molecule has 0 radical (unpaired) electrons. The van der Waals surface area contributed by atoms with Gasteiger partial charge in [0.25, 0.3) is 0 Å². The number of para-hydroxylation sites is 1. The lowest BCUT2D eigenvalue weighted by Crippen LogP contribution is -1.97. The first-order valence-corrected chi connectivity index (χ1v) is 7.36. The van der Waals surface area contributed by atoms with E-state index in [2.05, 4.69) is 15.1 Å². The van der Waals surface area contributed by atoms with Gasteiger partial charge in [0.15, 0.2) is 0 Å². The highest BCUT2D eigenvalue weighted by Gasteiger charge is 2.08. The predicted octanol–water partition coefficient (Wildman–Crippen LogP) is 2.95. The Hall–Kier alpha value is -1.79. The number of hydrogen-bond donors (Lipinski definition) is 0. The van der Waals surface area contributed by atoms with E-state index >= 15 is 0 Å². The molecule has 0 saturated carbocycles. The minimum atomic E-state index is 0.628. The minimum absolute atomic E-state index is 0.628. The van der Waals surface area contributed by atoms with Crippen LogP contribution in [-0.2, 0) is 12.8 Å². The van der Waals surface area contributed by atoms with Gasteiger partial charge in [-0.15, -0.1) is 5.10 Å². The molecule has 5 nitrogen and oxygen atoms in total. The summed E-state index contributed by atoms with van der Waals surface area (Å²) in [7, 11) is 1.89. The number of thioether (sulfide) groups is 1. The third-order valence-corrected chi connectivity index (χ3v) is 4.05. The van der Waals surface area contributed by atoms with Crippen molar-refractivity contribution in [1.82, 2.24) is 24.3 Å². The van der Waals surface area contributed by atoms with Gasteiger partial charge in [-0.25, -0.2) is 14.6 Å². The second-order valence-corrected chi connectivity index (χ2v) is 5.48. The Kier molecular flexibility index (Phi) is 3.75. The third kappa shape index (κ3) is 2.71. The zero-order chi connectivity index (χ0) is 13.9. The van der Waals surface area contributed by atoms with Crippen molar-refractivity contribution in [1.29, 1.82) is 0 Å². The number of nitrogens with zero attached hydrogens (tertiary/aromatic N) is 5. The highest BCUT2D eigenvalue weighted by atomic mass is 35.5. The first-order valence-electron chi connectivity index (χ1n) is 6.00. The van der Waals surface area contributed by atoms with Gasteiger partial charge in [-0.2, -0.15) is 0 Å². The number of rotatable bonds is 4. The van der Waals surface area contributed by atoms with E-state index in [1.165, 1.54) is 11.8 Å². The molecule has 0 saturated heterocycles. The van der Waals surface area contributed by atoms with Gasteiger partial charge in [0.2, 0.25) is 5.16 Å². The van der Waals surface area contributed by atoms with Gasteiger partial charge < -0.3 is 4.57 Å². The average Bonchev–Trinajstić information content (AvgIpc) is 3.07. The molecule has 0 aliphatic heterocycles. The van der Waals surface area contributed by atoms with Crippen molar-refractivity contribution < 1.29 is 0 Å². The van der Waals surface area contributed by atoms with Gasteiger partial charge in [0.1, 0.15) is 17.3 Å². The molecule has 0 unspecified atom stereocenters. The van der Waals surface area contributed by atoms with Crippen molar-refractivity contribution in [3.8, 4) is 5.69 Å². The third-order valence-electron chi connectivity index (χ3n) is 2.85. The maximum Gasteiger partial charge on any atom is 0.209 e. The molecule has 0 atom stereocenters. The number of imidazole rings is 1. The molecule has 7 heteroatoms. The summed E-state index contributed by atoms with van der Waals surface area (Å²) in [6.07, 6.45) is 3.36. The second-order valence-electron chi connectivity index (χ2n) is 4.15. The van der Waals surface area contributed by atoms with E-state index in [0.29, 0.717) is 16.1 Å². The van der Waals surface area contributed by atoms with Crippen LogP contribution < -0.4 is 0 Å². The fourth-order valence-electron chi connectivity index (χ4n) is 1.71. The molecule has 2 heterocycles. The highest BCUT2D eigenvalue weighted by Crippen LogP contribution is 2.20. The van der Waals surface area contributed by atoms with E-state index in [-0.39, 0.29) is 0 Å². The molecule has 0 aliphatic rings. The molecule has 1 aromatic carbocycles. The molecule has 0 spiro atoms. The smallest absolute Gasteiger partial charge is 0.209 e. The van der Waals surface area contributed by atoms with E-state index in [9.17, 15) is 0 Å². The summed E-state index contributed by atoms with van der Waals surface area (Å²) in [5.74, 6) is 1.58. The van der Waals surface area contributed by atoms with Crippen LogP contribution in [0.2, 0.25) is 5.15 Å². The summed E-state index contributed by atoms with van der Waals surface area (Å²) in [4.78, 5) is 8.53. The van der Waals surface area contributed by atoms with Gasteiger partial charge >= 0.3 is 0 Å². The lowest BCUT2D eigenvalue weighted by molar-refractivity contribution is 0.828. The number of halogens is 1. The maximum absolute atomic E-state index is 5.95. The minimum Gasteiger partial charge on any atom is -0.322 e. The molecule has 3 rings (SSSR count). The van der Waals surface area contributed by atoms with Gasteiger partial charge in [0, 0.05) is 7.05 Å². The summed E-state index contributed by atoms with van der Waals surface area (Å²) < 4.78 is 3.61. The van der Waals surface area contributed by atoms with Crippen LogP contribution in [0.15, 0.2) is 48.0 Å². The second kappa shape index (κ2) is 5.68. The molecule has 0 bridgehead atoms. The van der Waals surface area contributed by atoms with Crippen LogP contribution in [0, 0.1) is 0 Å². The van der Waals surface area contributed by atoms with E-state index in [1.54, 1.807) is 17.2 Å². The van der Waals surface area contributed by atoms with Crippen molar-refractivity contribution in [2.75, 3.05) is 0 Å².